The van der Waals surface area contributed by atoms with Crippen molar-refractivity contribution in [1.82, 2.24) is 9.88 Å². The lowest BCUT2D eigenvalue weighted by molar-refractivity contribution is -0.0438. The molecule has 2 aliphatic rings. The Morgan fingerprint density at radius 1 is 1.07 bits per heavy atom. The molecular formula is C22H20N2O3. The van der Waals surface area contributed by atoms with Gasteiger partial charge in [-0.1, -0.05) is 48.5 Å². The van der Waals surface area contributed by atoms with E-state index in [1.54, 1.807) is 6.20 Å². The SMILES string of the molecule is O=C(c1cccc2cccnc12)N1CC[C@@]2(c3ccccc3)OCO[C@H]2C1. The third-order valence-electron chi connectivity index (χ3n) is 5.66. The third-order valence-corrected chi connectivity index (χ3v) is 5.66. The second-order valence-electron chi connectivity index (χ2n) is 7.05. The minimum absolute atomic E-state index is 0.00328. The van der Waals surface area contributed by atoms with E-state index in [-0.39, 0.29) is 18.8 Å². The molecule has 2 fully saturated rings. The van der Waals surface area contributed by atoms with Gasteiger partial charge in [-0.15, -0.1) is 0 Å². The first-order valence-electron chi connectivity index (χ1n) is 9.22. The van der Waals surface area contributed by atoms with Gasteiger partial charge in [0.05, 0.1) is 17.6 Å². The molecule has 0 radical (unpaired) electrons. The van der Waals surface area contributed by atoms with Gasteiger partial charge in [0, 0.05) is 24.5 Å². The molecule has 2 saturated heterocycles. The van der Waals surface area contributed by atoms with Crippen LogP contribution in [0, 0.1) is 0 Å². The van der Waals surface area contributed by atoms with Crippen molar-refractivity contribution in [2.45, 2.75) is 18.1 Å². The van der Waals surface area contributed by atoms with E-state index in [0.717, 1.165) is 16.5 Å². The van der Waals surface area contributed by atoms with E-state index >= 15 is 0 Å². The molecule has 0 N–H and O–H groups in total. The Hall–Kier alpha value is -2.76. The zero-order valence-electron chi connectivity index (χ0n) is 14.9. The highest BCUT2D eigenvalue weighted by atomic mass is 16.7. The molecule has 0 aliphatic carbocycles. The lowest BCUT2D eigenvalue weighted by Crippen LogP contribution is -2.53. The van der Waals surface area contributed by atoms with E-state index < -0.39 is 5.60 Å². The molecule has 1 aromatic heterocycles. The second kappa shape index (κ2) is 6.44. The van der Waals surface area contributed by atoms with Crippen molar-refractivity contribution in [3.63, 3.8) is 0 Å². The van der Waals surface area contributed by atoms with Gasteiger partial charge < -0.3 is 14.4 Å². The molecule has 2 aromatic carbocycles. The fraction of sp³-hybridized carbons (Fsp3) is 0.273. The number of likely N-dealkylation sites (tertiary alicyclic amines) is 1. The van der Waals surface area contributed by atoms with Crippen LogP contribution in [0.1, 0.15) is 22.3 Å². The van der Waals surface area contributed by atoms with Crippen LogP contribution in [-0.2, 0) is 15.1 Å². The molecule has 3 heterocycles. The molecule has 5 nitrogen and oxygen atoms in total. The van der Waals surface area contributed by atoms with E-state index in [9.17, 15) is 4.79 Å². The number of benzene rings is 2. The average molecular weight is 360 g/mol. The largest absolute Gasteiger partial charge is 0.347 e. The van der Waals surface area contributed by atoms with Gasteiger partial charge in [0.15, 0.2) is 0 Å². The molecule has 5 rings (SSSR count). The van der Waals surface area contributed by atoms with Crippen molar-refractivity contribution in [2.24, 2.45) is 0 Å². The molecule has 5 heteroatoms. The molecule has 2 aliphatic heterocycles. The van der Waals surface area contributed by atoms with Crippen LogP contribution >= 0.6 is 0 Å². The molecule has 3 aromatic rings. The fourth-order valence-corrected chi connectivity index (χ4v) is 4.24. The Kier molecular flexibility index (Phi) is 3.92. The Morgan fingerprint density at radius 3 is 2.81 bits per heavy atom. The fourth-order valence-electron chi connectivity index (χ4n) is 4.24. The van der Waals surface area contributed by atoms with Gasteiger partial charge in [0.1, 0.15) is 18.5 Å². The predicted octanol–water partition coefficient (Wildman–Crippen LogP) is 3.35. The summed E-state index contributed by atoms with van der Waals surface area (Å²) < 4.78 is 11.9. The van der Waals surface area contributed by atoms with Gasteiger partial charge in [-0.2, -0.15) is 0 Å². The highest BCUT2D eigenvalue weighted by Crippen LogP contribution is 2.42. The summed E-state index contributed by atoms with van der Waals surface area (Å²) in [7, 11) is 0. The van der Waals surface area contributed by atoms with Gasteiger partial charge in [-0.25, -0.2) is 0 Å². The Labute approximate surface area is 157 Å². The molecule has 0 spiro atoms. The van der Waals surface area contributed by atoms with Crippen LogP contribution in [0.15, 0.2) is 66.9 Å². The van der Waals surface area contributed by atoms with Crippen LogP contribution in [0.4, 0.5) is 0 Å². The smallest absolute Gasteiger partial charge is 0.256 e. The number of ether oxygens (including phenoxy) is 2. The Morgan fingerprint density at radius 2 is 1.93 bits per heavy atom. The number of amides is 1. The summed E-state index contributed by atoms with van der Waals surface area (Å²) >= 11 is 0. The number of nitrogens with zero attached hydrogens (tertiary/aromatic N) is 2. The van der Waals surface area contributed by atoms with Gasteiger partial charge in [0.2, 0.25) is 0 Å². The van der Waals surface area contributed by atoms with Crippen LogP contribution in [0.2, 0.25) is 0 Å². The second-order valence-corrected chi connectivity index (χ2v) is 7.05. The van der Waals surface area contributed by atoms with Crippen molar-refractivity contribution >= 4 is 16.8 Å². The van der Waals surface area contributed by atoms with Crippen molar-refractivity contribution in [1.29, 1.82) is 0 Å². The molecule has 1 amide bonds. The van der Waals surface area contributed by atoms with Gasteiger partial charge in [0.25, 0.3) is 5.91 Å². The highest BCUT2D eigenvalue weighted by Gasteiger charge is 2.51. The maximum absolute atomic E-state index is 13.2. The van der Waals surface area contributed by atoms with E-state index in [1.165, 1.54) is 0 Å². The van der Waals surface area contributed by atoms with E-state index in [2.05, 4.69) is 17.1 Å². The number of para-hydroxylation sites is 1. The lowest BCUT2D eigenvalue weighted by Gasteiger charge is -2.42. The first-order chi connectivity index (χ1) is 13.3. The molecule has 0 bridgehead atoms. The van der Waals surface area contributed by atoms with Crippen molar-refractivity contribution < 1.29 is 14.3 Å². The number of rotatable bonds is 2. The molecule has 0 unspecified atom stereocenters. The van der Waals surface area contributed by atoms with Crippen LogP contribution < -0.4 is 0 Å². The molecule has 136 valence electrons. The summed E-state index contributed by atoms with van der Waals surface area (Å²) in [6, 6.07) is 19.8. The number of carbonyl (C=O) groups excluding carboxylic acids is 1. The maximum Gasteiger partial charge on any atom is 0.256 e. The summed E-state index contributed by atoms with van der Waals surface area (Å²) in [5.41, 5.74) is 2.04. The number of hydrogen-bond donors (Lipinski definition) is 0. The predicted molar refractivity (Wildman–Crippen MR) is 101 cm³/mol. The van der Waals surface area contributed by atoms with Crippen molar-refractivity contribution in [3.05, 3.63) is 78.0 Å². The highest BCUT2D eigenvalue weighted by molar-refractivity contribution is 6.05. The number of aromatic nitrogens is 1. The number of hydrogen-bond acceptors (Lipinski definition) is 4. The first kappa shape index (κ1) is 16.4. The van der Waals surface area contributed by atoms with Crippen LogP contribution in [0.5, 0.6) is 0 Å². The molecular weight excluding hydrogens is 340 g/mol. The minimum Gasteiger partial charge on any atom is -0.347 e. The van der Waals surface area contributed by atoms with Gasteiger partial charge in [-0.3, -0.25) is 9.78 Å². The van der Waals surface area contributed by atoms with Crippen molar-refractivity contribution in [2.75, 3.05) is 19.9 Å². The summed E-state index contributed by atoms with van der Waals surface area (Å²) in [5, 5.41) is 0.972. The maximum atomic E-state index is 13.2. The zero-order chi connectivity index (χ0) is 18.3. The summed E-state index contributed by atoms with van der Waals surface area (Å²) in [6.45, 7) is 1.39. The quantitative estimate of drug-likeness (QED) is 0.703. The van der Waals surface area contributed by atoms with Crippen molar-refractivity contribution in [3.8, 4) is 0 Å². The van der Waals surface area contributed by atoms with Crippen LogP contribution in [-0.4, -0.2) is 41.8 Å². The summed E-state index contributed by atoms with van der Waals surface area (Å²) in [4.78, 5) is 19.5. The van der Waals surface area contributed by atoms with E-state index in [1.807, 2.05) is 53.4 Å². The minimum atomic E-state index is -0.463. The van der Waals surface area contributed by atoms with Crippen LogP contribution in [0.3, 0.4) is 0 Å². The third kappa shape index (κ3) is 2.62. The normalized spacial score (nSPS) is 24.7. The monoisotopic (exact) mass is 360 g/mol. The zero-order valence-corrected chi connectivity index (χ0v) is 14.9. The van der Waals surface area contributed by atoms with E-state index in [0.29, 0.717) is 25.1 Å². The average Bonchev–Trinajstić information content (AvgIpc) is 3.18. The number of piperidine rings is 1. The standard InChI is InChI=1S/C22H20N2O3/c25-21(18-10-4-6-16-7-5-12-23-20(16)18)24-13-11-22(17-8-2-1-3-9-17)19(14-24)26-15-27-22/h1-10,12,19H,11,13-15H2/t19-,22-/m0/s1. The Balaban J connectivity index is 1.45. The molecule has 27 heavy (non-hydrogen) atoms. The van der Waals surface area contributed by atoms with E-state index in [4.69, 9.17) is 9.47 Å². The number of carbonyl (C=O) groups is 1. The lowest BCUT2D eigenvalue weighted by atomic mass is 9.82. The number of pyridine rings is 1. The number of fused-ring (bicyclic) bond motifs is 2. The Bertz CT molecular complexity index is 986. The summed E-state index contributed by atoms with van der Waals surface area (Å²) in [5.74, 6) is -0.00328. The van der Waals surface area contributed by atoms with Gasteiger partial charge >= 0.3 is 0 Å². The van der Waals surface area contributed by atoms with Gasteiger partial charge in [-0.05, 0) is 17.7 Å². The summed E-state index contributed by atoms with van der Waals surface area (Å²) in [6.07, 6.45) is 2.27. The topological polar surface area (TPSA) is 51.7 Å². The molecule has 2 atom stereocenters. The molecule has 0 saturated carbocycles. The van der Waals surface area contributed by atoms with Crippen LogP contribution in [0.25, 0.3) is 10.9 Å². The first-order valence-corrected chi connectivity index (χ1v) is 9.22.